The van der Waals surface area contributed by atoms with Crippen LogP contribution in [0.5, 0.6) is 0 Å². The van der Waals surface area contributed by atoms with Crippen molar-refractivity contribution >= 4 is 0 Å². The molecular weight excluding hydrogens is 108 g/mol. The lowest BCUT2D eigenvalue weighted by atomic mass is 9.85. The highest BCUT2D eigenvalue weighted by atomic mass is 14.2. The van der Waals surface area contributed by atoms with E-state index in [-0.39, 0.29) is 0 Å². The molecule has 0 N–H and O–H groups in total. The van der Waals surface area contributed by atoms with Crippen molar-refractivity contribution in [3.05, 3.63) is 6.42 Å². The van der Waals surface area contributed by atoms with Gasteiger partial charge in [0.25, 0.3) is 0 Å². The van der Waals surface area contributed by atoms with E-state index in [1.54, 1.807) is 0 Å². The molecule has 2 atom stereocenters. The van der Waals surface area contributed by atoms with Gasteiger partial charge in [0.05, 0.1) is 19.3 Å². The standard InChI is InChI=1S/C9H19/c1-6-8(4)9(5)7(2)3/h6-9H,1-5H3/q+1. The highest BCUT2D eigenvalue weighted by Gasteiger charge is 2.19. The van der Waals surface area contributed by atoms with E-state index < -0.39 is 0 Å². The first-order valence-electron chi connectivity index (χ1n) is 3.89. The molecule has 0 saturated heterocycles. The van der Waals surface area contributed by atoms with Gasteiger partial charge in [-0.2, -0.15) is 0 Å². The fraction of sp³-hybridized carbons (Fsp3) is 0.889. The largest absolute Gasteiger partial charge is 0.0974 e. The lowest BCUT2D eigenvalue weighted by molar-refractivity contribution is 0.327. The topological polar surface area (TPSA) is 0 Å². The van der Waals surface area contributed by atoms with Crippen LogP contribution >= 0.6 is 0 Å². The van der Waals surface area contributed by atoms with Crippen molar-refractivity contribution in [2.75, 3.05) is 0 Å². The van der Waals surface area contributed by atoms with Crippen LogP contribution in [0.1, 0.15) is 34.6 Å². The van der Waals surface area contributed by atoms with Crippen molar-refractivity contribution in [2.45, 2.75) is 34.6 Å². The zero-order chi connectivity index (χ0) is 7.44. The first-order chi connectivity index (χ1) is 4.09. The minimum atomic E-state index is 0.769. The summed E-state index contributed by atoms with van der Waals surface area (Å²) in [5.41, 5.74) is 0. The van der Waals surface area contributed by atoms with Crippen LogP contribution in [-0.2, 0) is 0 Å². The van der Waals surface area contributed by atoms with Gasteiger partial charge in [0.2, 0.25) is 0 Å². The molecule has 0 heteroatoms. The molecule has 2 unspecified atom stereocenters. The molecule has 0 bridgehead atoms. The molecule has 0 aliphatic carbocycles. The Hall–Kier alpha value is -0.130. The van der Waals surface area contributed by atoms with Crippen molar-refractivity contribution in [2.24, 2.45) is 17.8 Å². The Morgan fingerprint density at radius 2 is 1.44 bits per heavy atom. The molecule has 0 nitrogen and oxygen atoms in total. The maximum atomic E-state index is 2.31. The van der Waals surface area contributed by atoms with Gasteiger partial charge in [-0.3, -0.25) is 0 Å². The van der Waals surface area contributed by atoms with Gasteiger partial charge >= 0.3 is 0 Å². The van der Waals surface area contributed by atoms with Gasteiger partial charge in [0.15, 0.2) is 0 Å². The maximum absolute atomic E-state index is 2.31. The lowest BCUT2D eigenvalue weighted by Crippen LogP contribution is -2.13. The van der Waals surface area contributed by atoms with Crippen LogP contribution in [0, 0.1) is 24.2 Å². The van der Waals surface area contributed by atoms with Crippen LogP contribution in [-0.4, -0.2) is 0 Å². The number of rotatable bonds is 3. The van der Waals surface area contributed by atoms with Gasteiger partial charge in [0, 0.05) is 5.92 Å². The Bertz CT molecular complexity index is 64.4. The van der Waals surface area contributed by atoms with Crippen LogP contribution in [0.4, 0.5) is 0 Å². The average Bonchev–Trinajstić information content (AvgIpc) is 1.84. The molecule has 0 aromatic carbocycles. The molecular formula is C9H19+. The normalized spacial score (nSPS) is 17.6. The molecule has 0 saturated carbocycles. The average molecular weight is 127 g/mol. The summed E-state index contributed by atoms with van der Waals surface area (Å²) in [5.74, 6) is 2.41. The fourth-order valence-electron chi connectivity index (χ4n) is 0.911. The molecule has 0 aromatic rings. The van der Waals surface area contributed by atoms with Crippen LogP contribution < -0.4 is 0 Å². The monoisotopic (exact) mass is 127 g/mol. The summed E-state index contributed by atoms with van der Waals surface area (Å²) < 4.78 is 0. The predicted molar refractivity (Wildman–Crippen MR) is 43.1 cm³/mol. The van der Waals surface area contributed by atoms with Gasteiger partial charge in [-0.15, -0.1) is 0 Å². The van der Waals surface area contributed by atoms with Crippen LogP contribution in [0.3, 0.4) is 0 Å². The van der Waals surface area contributed by atoms with E-state index in [0.717, 1.165) is 17.8 Å². The summed E-state index contributed by atoms with van der Waals surface area (Å²) in [6, 6.07) is 0. The third-order valence-corrected chi connectivity index (χ3v) is 2.41. The van der Waals surface area contributed by atoms with E-state index in [1.165, 1.54) is 0 Å². The van der Waals surface area contributed by atoms with Gasteiger partial charge in [-0.25, -0.2) is 0 Å². The molecule has 0 rings (SSSR count). The second-order valence-corrected chi connectivity index (χ2v) is 3.30. The highest BCUT2D eigenvalue weighted by Crippen LogP contribution is 2.21. The molecule has 0 aromatic heterocycles. The van der Waals surface area contributed by atoms with Crippen molar-refractivity contribution in [3.63, 3.8) is 0 Å². The summed E-state index contributed by atoms with van der Waals surface area (Å²) in [6.07, 6.45) is 2.28. The molecule has 0 radical (unpaired) electrons. The Morgan fingerprint density at radius 3 is 1.56 bits per heavy atom. The van der Waals surface area contributed by atoms with E-state index >= 15 is 0 Å². The molecule has 0 spiro atoms. The van der Waals surface area contributed by atoms with E-state index in [9.17, 15) is 0 Å². The first-order valence-corrected chi connectivity index (χ1v) is 3.89. The van der Waals surface area contributed by atoms with Gasteiger partial charge in [-0.05, 0) is 12.8 Å². The van der Waals surface area contributed by atoms with Crippen molar-refractivity contribution < 1.29 is 0 Å². The Labute approximate surface area is 59.7 Å². The fourth-order valence-corrected chi connectivity index (χ4v) is 0.911. The maximum Gasteiger partial charge on any atom is 0.0974 e. The minimum absolute atomic E-state index is 0.769. The zero-order valence-corrected chi connectivity index (χ0v) is 7.31. The van der Waals surface area contributed by atoms with Gasteiger partial charge < -0.3 is 0 Å². The van der Waals surface area contributed by atoms with Crippen LogP contribution in [0.15, 0.2) is 0 Å². The summed E-state index contributed by atoms with van der Waals surface area (Å²) in [5, 5.41) is 0. The molecule has 0 heterocycles. The van der Waals surface area contributed by atoms with Crippen LogP contribution in [0.25, 0.3) is 0 Å². The van der Waals surface area contributed by atoms with E-state index in [1.807, 2.05) is 0 Å². The molecule has 54 valence electrons. The Morgan fingerprint density at radius 1 is 1.00 bits per heavy atom. The Kier molecular flexibility index (Phi) is 3.76. The second-order valence-electron chi connectivity index (χ2n) is 3.30. The van der Waals surface area contributed by atoms with Gasteiger partial charge in [0.1, 0.15) is 0 Å². The van der Waals surface area contributed by atoms with E-state index in [4.69, 9.17) is 0 Å². The first kappa shape index (κ1) is 8.87. The molecule has 0 fully saturated rings. The minimum Gasteiger partial charge on any atom is -0.0623 e. The Balaban J connectivity index is 3.58. The van der Waals surface area contributed by atoms with Crippen molar-refractivity contribution in [3.8, 4) is 0 Å². The summed E-state index contributed by atoms with van der Waals surface area (Å²) >= 11 is 0. The predicted octanol–water partition coefficient (Wildman–Crippen LogP) is 3.14. The van der Waals surface area contributed by atoms with Crippen molar-refractivity contribution in [1.82, 2.24) is 0 Å². The highest BCUT2D eigenvalue weighted by molar-refractivity contribution is 4.73. The zero-order valence-electron chi connectivity index (χ0n) is 7.31. The summed E-state index contributed by atoms with van der Waals surface area (Å²) in [4.78, 5) is 0. The van der Waals surface area contributed by atoms with Gasteiger partial charge in [-0.1, -0.05) is 20.8 Å². The molecule has 0 aliphatic heterocycles. The third-order valence-electron chi connectivity index (χ3n) is 2.41. The lowest BCUT2D eigenvalue weighted by Gasteiger charge is -2.15. The second kappa shape index (κ2) is 3.81. The van der Waals surface area contributed by atoms with Crippen LogP contribution in [0.2, 0.25) is 0 Å². The van der Waals surface area contributed by atoms with E-state index in [0.29, 0.717) is 0 Å². The number of hydrogen-bond acceptors (Lipinski definition) is 0. The smallest absolute Gasteiger partial charge is 0.0623 e. The quantitative estimate of drug-likeness (QED) is 0.511. The summed E-state index contributed by atoms with van der Waals surface area (Å²) in [6.45, 7) is 11.3. The third kappa shape index (κ3) is 2.78. The number of hydrogen-bond donors (Lipinski definition) is 0. The summed E-state index contributed by atoms with van der Waals surface area (Å²) in [7, 11) is 0. The molecule has 0 amide bonds. The van der Waals surface area contributed by atoms with E-state index in [2.05, 4.69) is 41.0 Å². The molecule has 9 heavy (non-hydrogen) atoms. The molecule has 0 aliphatic rings. The van der Waals surface area contributed by atoms with Crippen molar-refractivity contribution in [1.29, 1.82) is 0 Å². The SMILES string of the molecule is C[CH+]C(C)C(C)C(C)C.